The second-order valence-corrected chi connectivity index (χ2v) is 4.90. The Kier molecular flexibility index (Phi) is 3.56. The van der Waals surface area contributed by atoms with Crippen LogP contribution in [0.5, 0.6) is 5.75 Å². The molecular weight excluding hydrogens is 248 g/mol. The summed E-state index contributed by atoms with van der Waals surface area (Å²) >= 11 is 0. The van der Waals surface area contributed by atoms with Gasteiger partial charge in [0.2, 0.25) is 0 Å². The molecule has 2 aromatic rings. The van der Waals surface area contributed by atoms with E-state index in [2.05, 4.69) is 17.0 Å². The minimum absolute atomic E-state index is 0.702. The van der Waals surface area contributed by atoms with E-state index in [1.165, 1.54) is 5.56 Å². The molecule has 0 saturated carbocycles. The van der Waals surface area contributed by atoms with Gasteiger partial charge in [0, 0.05) is 13.1 Å². The van der Waals surface area contributed by atoms with Gasteiger partial charge in [-0.1, -0.05) is 24.3 Å². The summed E-state index contributed by atoms with van der Waals surface area (Å²) in [5.41, 5.74) is 3.06. The number of ether oxygens (including phenoxy) is 1. The van der Waals surface area contributed by atoms with E-state index in [9.17, 15) is 0 Å². The molecule has 1 aliphatic heterocycles. The number of hydrogen-bond donors (Lipinski definition) is 0. The van der Waals surface area contributed by atoms with Crippen molar-refractivity contribution in [3.05, 3.63) is 59.7 Å². The van der Waals surface area contributed by atoms with Crippen molar-refractivity contribution in [3.63, 3.8) is 0 Å². The highest BCUT2D eigenvalue weighted by Gasteiger charge is 2.15. The molecule has 1 heterocycles. The molecule has 0 aliphatic carbocycles. The largest absolute Gasteiger partial charge is 0.491 e. The number of fused-ring (bicyclic) bond motifs is 1. The van der Waals surface area contributed by atoms with Crippen molar-refractivity contribution in [2.24, 2.45) is 0 Å². The van der Waals surface area contributed by atoms with Crippen LogP contribution in [0, 0.1) is 11.3 Å². The van der Waals surface area contributed by atoms with Crippen LogP contribution in [0.15, 0.2) is 48.5 Å². The smallest absolute Gasteiger partial charge is 0.142 e. The van der Waals surface area contributed by atoms with Gasteiger partial charge in [0.15, 0.2) is 0 Å². The van der Waals surface area contributed by atoms with Crippen LogP contribution >= 0.6 is 0 Å². The molecule has 3 heteroatoms. The van der Waals surface area contributed by atoms with E-state index in [0.717, 1.165) is 37.6 Å². The summed E-state index contributed by atoms with van der Waals surface area (Å²) in [6.07, 6.45) is 1.02. The number of rotatable bonds is 2. The molecule has 0 N–H and O–H groups in total. The summed E-state index contributed by atoms with van der Waals surface area (Å²) in [5.74, 6) is 0.957. The van der Waals surface area contributed by atoms with Crippen LogP contribution in [0.3, 0.4) is 0 Å². The molecular formula is C17H16N2O. The molecule has 0 unspecified atom stereocenters. The summed E-state index contributed by atoms with van der Waals surface area (Å²) in [4.78, 5) is 2.34. The minimum Gasteiger partial charge on any atom is -0.491 e. The Balaban J connectivity index is 1.84. The minimum atomic E-state index is 0.702. The zero-order valence-electron chi connectivity index (χ0n) is 11.2. The SMILES string of the molecule is N#Cc1ccc(CN2CCCOc3ccccc32)cc1. The molecule has 1 aliphatic rings. The number of benzene rings is 2. The molecule has 100 valence electrons. The molecule has 0 spiro atoms. The predicted molar refractivity (Wildman–Crippen MR) is 78.8 cm³/mol. The van der Waals surface area contributed by atoms with Gasteiger partial charge in [-0.15, -0.1) is 0 Å². The predicted octanol–water partition coefficient (Wildman–Crippen LogP) is 3.35. The lowest BCUT2D eigenvalue weighted by atomic mass is 10.1. The van der Waals surface area contributed by atoms with Crippen molar-refractivity contribution in [2.45, 2.75) is 13.0 Å². The van der Waals surface area contributed by atoms with Crippen LogP contribution in [0.1, 0.15) is 17.5 Å². The first-order valence-electron chi connectivity index (χ1n) is 6.82. The molecule has 0 atom stereocenters. The average molecular weight is 264 g/mol. The highest BCUT2D eigenvalue weighted by Crippen LogP contribution is 2.31. The third-order valence-corrected chi connectivity index (χ3v) is 3.49. The summed E-state index contributed by atoms with van der Waals surface area (Å²) in [7, 11) is 0. The van der Waals surface area contributed by atoms with E-state index in [4.69, 9.17) is 10.00 Å². The van der Waals surface area contributed by atoms with Gasteiger partial charge in [-0.3, -0.25) is 0 Å². The Hall–Kier alpha value is -2.47. The van der Waals surface area contributed by atoms with E-state index in [1.54, 1.807) is 0 Å². The third kappa shape index (κ3) is 2.60. The fraction of sp³-hybridized carbons (Fsp3) is 0.235. The lowest BCUT2D eigenvalue weighted by molar-refractivity contribution is 0.322. The fourth-order valence-corrected chi connectivity index (χ4v) is 2.47. The van der Waals surface area contributed by atoms with Gasteiger partial charge in [0.25, 0.3) is 0 Å². The Morgan fingerprint density at radius 1 is 1.10 bits per heavy atom. The summed E-state index contributed by atoms with van der Waals surface area (Å²) in [5, 5.41) is 8.84. The fourth-order valence-electron chi connectivity index (χ4n) is 2.47. The topological polar surface area (TPSA) is 36.3 Å². The van der Waals surface area contributed by atoms with Crippen molar-refractivity contribution in [1.29, 1.82) is 5.26 Å². The lowest BCUT2D eigenvalue weighted by Gasteiger charge is -2.23. The number of hydrogen-bond acceptors (Lipinski definition) is 3. The normalized spacial score (nSPS) is 13.8. The maximum Gasteiger partial charge on any atom is 0.142 e. The zero-order chi connectivity index (χ0) is 13.8. The Morgan fingerprint density at radius 3 is 2.70 bits per heavy atom. The van der Waals surface area contributed by atoms with E-state index in [0.29, 0.717) is 5.56 Å². The first-order chi connectivity index (χ1) is 9.86. The second kappa shape index (κ2) is 5.66. The Labute approximate surface area is 119 Å². The van der Waals surface area contributed by atoms with Crippen molar-refractivity contribution in [3.8, 4) is 11.8 Å². The quantitative estimate of drug-likeness (QED) is 0.834. The van der Waals surface area contributed by atoms with E-state index >= 15 is 0 Å². The van der Waals surface area contributed by atoms with Crippen LogP contribution in [-0.2, 0) is 6.54 Å². The van der Waals surface area contributed by atoms with Crippen molar-refractivity contribution in [1.82, 2.24) is 0 Å². The second-order valence-electron chi connectivity index (χ2n) is 4.90. The van der Waals surface area contributed by atoms with Crippen LogP contribution < -0.4 is 9.64 Å². The molecule has 20 heavy (non-hydrogen) atoms. The molecule has 2 aromatic carbocycles. The number of nitriles is 1. The summed E-state index contributed by atoms with van der Waals surface area (Å²) in [6, 6.07) is 18.1. The average Bonchev–Trinajstić information content (AvgIpc) is 2.71. The molecule has 0 aromatic heterocycles. The van der Waals surface area contributed by atoms with Crippen molar-refractivity contribution in [2.75, 3.05) is 18.1 Å². The van der Waals surface area contributed by atoms with Gasteiger partial charge in [-0.2, -0.15) is 5.26 Å². The third-order valence-electron chi connectivity index (χ3n) is 3.49. The number of anilines is 1. The Bertz CT molecular complexity index is 628. The molecule has 0 fully saturated rings. The molecule has 0 saturated heterocycles. The molecule has 0 radical (unpaired) electrons. The first kappa shape index (κ1) is 12.6. The maximum atomic E-state index is 8.84. The van der Waals surface area contributed by atoms with Gasteiger partial charge in [0.1, 0.15) is 5.75 Å². The standard InChI is InChI=1S/C17H16N2O/c18-12-14-6-8-15(9-7-14)13-19-10-3-11-20-17-5-2-1-4-16(17)19/h1-2,4-9H,3,10-11,13H2. The van der Waals surface area contributed by atoms with E-state index in [1.807, 2.05) is 42.5 Å². The van der Waals surface area contributed by atoms with Gasteiger partial charge in [-0.05, 0) is 36.2 Å². The number of nitrogens with zero attached hydrogens (tertiary/aromatic N) is 2. The van der Waals surface area contributed by atoms with Crippen molar-refractivity contribution < 1.29 is 4.74 Å². The van der Waals surface area contributed by atoms with E-state index < -0.39 is 0 Å². The van der Waals surface area contributed by atoms with Crippen LogP contribution in [0.2, 0.25) is 0 Å². The molecule has 0 amide bonds. The van der Waals surface area contributed by atoms with Gasteiger partial charge in [0.05, 0.1) is 23.9 Å². The highest BCUT2D eigenvalue weighted by atomic mass is 16.5. The molecule has 3 rings (SSSR count). The monoisotopic (exact) mass is 264 g/mol. The number of para-hydroxylation sites is 2. The van der Waals surface area contributed by atoms with Gasteiger partial charge >= 0.3 is 0 Å². The maximum absolute atomic E-state index is 8.84. The van der Waals surface area contributed by atoms with Crippen LogP contribution in [0.25, 0.3) is 0 Å². The van der Waals surface area contributed by atoms with Crippen LogP contribution in [0.4, 0.5) is 5.69 Å². The lowest BCUT2D eigenvalue weighted by Crippen LogP contribution is -2.23. The van der Waals surface area contributed by atoms with Crippen LogP contribution in [-0.4, -0.2) is 13.2 Å². The molecule has 3 nitrogen and oxygen atoms in total. The van der Waals surface area contributed by atoms with Crippen molar-refractivity contribution >= 4 is 5.69 Å². The van der Waals surface area contributed by atoms with Gasteiger partial charge < -0.3 is 9.64 Å². The summed E-state index contributed by atoms with van der Waals surface area (Å²) < 4.78 is 5.77. The molecule has 0 bridgehead atoms. The highest BCUT2D eigenvalue weighted by molar-refractivity contribution is 5.59. The van der Waals surface area contributed by atoms with Gasteiger partial charge in [-0.25, -0.2) is 0 Å². The van der Waals surface area contributed by atoms with E-state index in [-0.39, 0.29) is 0 Å². The zero-order valence-corrected chi connectivity index (χ0v) is 11.2. The Morgan fingerprint density at radius 2 is 1.90 bits per heavy atom. The summed E-state index contributed by atoms with van der Waals surface area (Å²) in [6.45, 7) is 2.59. The first-order valence-corrected chi connectivity index (χ1v) is 6.82.